The Morgan fingerprint density at radius 3 is 1.98 bits per heavy atom. The highest BCUT2D eigenvalue weighted by Gasteiger charge is 2.45. The third-order valence-corrected chi connectivity index (χ3v) is 8.08. The molecule has 0 bridgehead atoms. The number of methoxy groups -OCH3 is 2. The van der Waals surface area contributed by atoms with Crippen LogP contribution in [0.25, 0.3) is 0 Å². The minimum atomic E-state index is -4.81. The molecule has 1 N–H and O–H groups in total. The lowest BCUT2D eigenvalue weighted by atomic mass is 10.1. The fourth-order valence-corrected chi connectivity index (χ4v) is 5.64. The predicted molar refractivity (Wildman–Crippen MR) is 155 cm³/mol. The number of carbonyl (C=O) groups is 2. The van der Waals surface area contributed by atoms with E-state index in [1.165, 1.54) is 32.4 Å². The van der Waals surface area contributed by atoms with Crippen molar-refractivity contribution in [1.82, 2.24) is 5.06 Å². The monoisotopic (exact) mass is 665 g/mol. The Hall–Kier alpha value is -2.29. The smallest absolute Gasteiger partial charge is 0.363 e. The molecule has 1 aliphatic rings. The summed E-state index contributed by atoms with van der Waals surface area (Å²) in [7, 11) is -1.79. The van der Waals surface area contributed by atoms with Gasteiger partial charge in [-0.25, -0.2) is 4.84 Å². The van der Waals surface area contributed by atoms with Gasteiger partial charge in [-0.05, 0) is 24.6 Å². The first-order valence-electron chi connectivity index (χ1n) is 13.2. The second-order valence-corrected chi connectivity index (χ2v) is 11.5. The number of hydroxylamine groups is 2. The van der Waals surface area contributed by atoms with E-state index in [9.17, 15) is 19.0 Å². The molecule has 0 radical (unpaired) electrons. The fourth-order valence-electron chi connectivity index (χ4n) is 3.71. The number of hydrogen-bond acceptors (Lipinski definition) is 11. The van der Waals surface area contributed by atoms with Gasteiger partial charge in [0, 0.05) is 19.8 Å². The van der Waals surface area contributed by atoms with Gasteiger partial charge in [0.25, 0.3) is 11.8 Å². The number of carbonyl (C=O) groups excluding carboxylic acids is 2. The molecule has 2 amide bonds. The van der Waals surface area contributed by atoms with Crippen molar-refractivity contribution in [3.63, 3.8) is 0 Å². The van der Waals surface area contributed by atoms with E-state index in [-0.39, 0.29) is 78.2 Å². The zero-order chi connectivity index (χ0) is 31.4. The van der Waals surface area contributed by atoms with Crippen molar-refractivity contribution < 1.29 is 56.8 Å². The number of imide groups is 1. The Labute approximate surface area is 259 Å². The molecule has 16 heteroatoms. The highest BCUT2D eigenvalue weighted by molar-refractivity contribution is 7.53. The number of unbranched alkanes of at least 4 members (excludes halogenated alkanes) is 1. The number of rotatable bonds is 20. The van der Waals surface area contributed by atoms with Crippen LogP contribution < -0.4 is 9.47 Å². The van der Waals surface area contributed by atoms with E-state index < -0.39 is 25.3 Å². The van der Waals surface area contributed by atoms with Gasteiger partial charge in [0.2, 0.25) is 5.85 Å². The van der Waals surface area contributed by atoms with E-state index in [0.717, 1.165) is 0 Å². The van der Waals surface area contributed by atoms with E-state index >= 15 is 0 Å². The molecule has 0 fully saturated rings. The average Bonchev–Trinajstić information content (AvgIpc) is 3.23. The van der Waals surface area contributed by atoms with Gasteiger partial charge >= 0.3 is 7.60 Å². The Morgan fingerprint density at radius 2 is 1.44 bits per heavy atom. The largest absolute Gasteiger partial charge is 0.462 e. The third kappa shape index (κ3) is 9.11. The molecular formula is C27H34Cl2NO12P. The van der Waals surface area contributed by atoms with Crippen molar-refractivity contribution in [2.24, 2.45) is 0 Å². The average molecular weight is 666 g/mol. The number of amides is 2. The van der Waals surface area contributed by atoms with Crippen molar-refractivity contribution in [2.75, 3.05) is 60.8 Å². The summed E-state index contributed by atoms with van der Waals surface area (Å²) in [4.78, 5) is 42.9. The molecule has 0 aliphatic carbocycles. The molecule has 0 aromatic heterocycles. The molecule has 238 valence electrons. The minimum absolute atomic E-state index is 0.0597. The van der Waals surface area contributed by atoms with E-state index in [1.807, 2.05) is 6.92 Å². The molecule has 2 aromatic rings. The van der Waals surface area contributed by atoms with Gasteiger partial charge in [0.1, 0.15) is 0 Å². The molecule has 3 rings (SSSR count). The number of fused-ring (bicyclic) bond motifs is 1. The summed E-state index contributed by atoms with van der Waals surface area (Å²) >= 11 is 13.3. The van der Waals surface area contributed by atoms with Crippen LogP contribution in [0.1, 0.15) is 51.9 Å². The molecule has 0 saturated carbocycles. The van der Waals surface area contributed by atoms with Crippen LogP contribution in [0.2, 0.25) is 10.0 Å². The lowest BCUT2D eigenvalue weighted by molar-refractivity contribution is -0.114. The maximum Gasteiger partial charge on any atom is 0.363 e. The number of hydrogen-bond donors (Lipinski definition) is 1. The summed E-state index contributed by atoms with van der Waals surface area (Å²) < 4.78 is 51.0. The normalized spacial score (nSPS) is 15.0. The van der Waals surface area contributed by atoms with Crippen LogP contribution in [0.15, 0.2) is 30.3 Å². The molecule has 13 nitrogen and oxygen atoms in total. The Kier molecular flexibility index (Phi) is 14.1. The van der Waals surface area contributed by atoms with Crippen molar-refractivity contribution >= 4 is 42.6 Å². The number of nitrogens with zero attached hydrogens (tertiary/aromatic N) is 1. The summed E-state index contributed by atoms with van der Waals surface area (Å²) in [6.45, 7) is 2.14. The number of benzene rings is 2. The number of ether oxygens (including phenoxy) is 6. The van der Waals surface area contributed by atoms with Gasteiger partial charge in [0.15, 0.2) is 25.1 Å². The van der Waals surface area contributed by atoms with E-state index in [0.29, 0.717) is 24.5 Å². The maximum absolute atomic E-state index is 13.6. The molecule has 2 aromatic carbocycles. The van der Waals surface area contributed by atoms with Crippen molar-refractivity contribution in [3.8, 4) is 11.5 Å². The van der Waals surface area contributed by atoms with Crippen LogP contribution in [0, 0.1) is 0 Å². The predicted octanol–water partition coefficient (Wildman–Crippen LogP) is 5.22. The summed E-state index contributed by atoms with van der Waals surface area (Å²) in [5.41, 5.74) is -0.0981. The summed E-state index contributed by atoms with van der Waals surface area (Å²) in [5, 5.41) is 0.00129. The molecule has 0 spiro atoms. The molecule has 1 aliphatic heterocycles. The zero-order valence-electron chi connectivity index (χ0n) is 23.9. The zero-order valence-corrected chi connectivity index (χ0v) is 26.3. The van der Waals surface area contributed by atoms with Crippen molar-refractivity contribution in [1.29, 1.82) is 0 Å². The van der Waals surface area contributed by atoms with Gasteiger partial charge in [-0.15, -0.1) is 5.06 Å². The second kappa shape index (κ2) is 17.3. The molecule has 0 saturated heterocycles. The van der Waals surface area contributed by atoms with Crippen LogP contribution in [0.3, 0.4) is 0 Å². The van der Waals surface area contributed by atoms with Gasteiger partial charge < -0.3 is 37.8 Å². The molecule has 1 heterocycles. The van der Waals surface area contributed by atoms with E-state index in [1.54, 1.807) is 12.1 Å². The highest BCUT2D eigenvalue weighted by Crippen LogP contribution is 2.61. The summed E-state index contributed by atoms with van der Waals surface area (Å²) in [6.07, 6.45) is 1.11. The Morgan fingerprint density at radius 1 is 0.884 bits per heavy atom. The quantitative estimate of drug-likeness (QED) is 0.0855. The maximum atomic E-state index is 13.6. The molecule has 2 unspecified atom stereocenters. The van der Waals surface area contributed by atoms with Gasteiger partial charge in [-0.2, -0.15) is 0 Å². The van der Waals surface area contributed by atoms with Crippen LogP contribution in [0.4, 0.5) is 0 Å². The van der Waals surface area contributed by atoms with Gasteiger partial charge in [-0.3, -0.25) is 14.2 Å². The molecular weight excluding hydrogens is 632 g/mol. The Balaban J connectivity index is 2.03. The molecule has 43 heavy (non-hydrogen) atoms. The number of halogens is 2. The summed E-state index contributed by atoms with van der Waals surface area (Å²) in [6, 6.07) is 7.21. The highest BCUT2D eigenvalue weighted by atomic mass is 35.5. The van der Waals surface area contributed by atoms with Crippen LogP contribution >= 0.6 is 30.8 Å². The van der Waals surface area contributed by atoms with E-state index in [2.05, 4.69) is 0 Å². The van der Waals surface area contributed by atoms with Crippen LogP contribution in [-0.2, 0) is 32.9 Å². The minimum Gasteiger partial charge on any atom is -0.462 e. The van der Waals surface area contributed by atoms with E-state index in [4.69, 9.17) is 61.0 Å². The third-order valence-electron chi connectivity index (χ3n) is 5.89. The Bertz CT molecular complexity index is 1260. The standard InChI is InChI=1S/C27H34Cl2NO12P/c1-4-5-10-41-43(33,34)27(42-30-25(31)18-8-6-7-9-19(18)26(30)32)20-15-21(28)23(39-16-37-13-11-35-2)24(22(20)29)40-17-38-14-12-36-3/h6-9,15,27H,4-5,10-14,16-17H2,1-3H3,(H,33,34). The fraction of sp³-hybridized carbons (Fsp3) is 0.481. The summed E-state index contributed by atoms with van der Waals surface area (Å²) in [5.74, 6) is -3.90. The lowest BCUT2D eigenvalue weighted by Gasteiger charge is -2.28. The first kappa shape index (κ1) is 35.2. The SMILES string of the molecule is CCCCOP(=O)(O)C(ON1C(=O)c2ccccc2C1=O)c1cc(Cl)c(OCOCCOC)c(OCOCCOC)c1Cl. The van der Waals surface area contributed by atoms with Crippen molar-refractivity contribution in [3.05, 3.63) is 57.1 Å². The van der Waals surface area contributed by atoms with Crippen molar-refractivity contribution in [2.45, 2.75) is 25.6 Å². The van der Waals surface area contributed by atoms with Crippen LogP contribution in [0.5, 0.6) is 11.5 Å². The van der Waals surface area contributed by atoms with Gasteiger partial charge in [0.05, 0.1) is 54.2 Å². The lowest BCUT2D eigenvalue weighted by Crippen LogP contribution is -2.32. The van der Waals surface area contributed by atoms with Crippen LogP contribution in [-0.4, -0.2) is 82.6 Å². The van der Waals surface area contributed by atoms with Gasteiger partial charge in [-0.1, -0.05) is 48.7 Å². The second-order valence-electron chi connectivity index (χ2n) is 8.91. The topological polar surface area (TPSA) is 149 Å². The first-order valence-corrected chi connectivity index (χ1v) is 15.6. The molecule has 2 atom stereocenters. The first-order chi connectivity index (χ1) is 20.7.